The van der Waals surface area contributed by atoms with Crippen molar-refractivity contribution >= 4 is 11.0 Å². The fourth-order valence-corrected chi connectivity index (χ4v) is 2.30. The highest BCUT2D eigenvalue weighted by molar-refractivity contribution is 7.84. The van der Waals surface area contributed by atoms with Crippen molar-refractivity contribution in [1.82, 2.24) is 4.72 Å². The molecule has 19 heavy (non-hydrogen) atoms. The molecule has 0 radical (unpaired) electrons. The lowest BCUT2D eigenvalue weighted by molar-refractivity contribution is -0.189. The van der Waals surface area contributed by atoms with Crippen molar-refractivity contribution in [2.45, 2.75) is 44.2 Å². The Hall–Kier alpha value is -0.880. The Morgan fingerprint density at radius 2 is 1.47 bits per heavy atom. The molecule has 0 bridgehead atoms. The molecule has 1 unspecified atom stereocenters. The predicted molar refractivity (Wildman–Crippen MR) is 70.9 cm³/mol. The van der Waals surface area contributed by atoms with E-state index in [-0.39, 0.29) is 5.56 Å². The van der Waals surface area contributed by atoms with Crippen LogP contribution in [0.1, 0.15) is 33.3 Å². The number of nitrogens with one attached hydrogen (secondary N) is 1. The first-order valence-electron chi connectivity index (χ1n) is 5.80. The second kappa shape index (κ2) is 5.25. The summed E-state index contributed by atoms with van der Waals surface area (Å²) in [6.07, 6.45) is -4.55. The van der Waals surface area contributed by atoms with Gasteiger partial charge < -0.3 is 0 Å². The lowest BCUT2D eigenvalue weighted by Gasteiger charge is -2.35. The van der Waals surface area contributed by atoms with Gasteiger partial charge in [-0.2, -0.15) is 13.2 Å². The van der Waals surface area contributed by atoms with Crippen LogP contribution in [0, 0.1) is 0 Å². The molecule has 1 aromatic carbocycles. The number of halogens is 3. The largest absolute Gasteiger partial charge is 0.411 e. The monoisotopic (exact) mass is 293 g/mol. The molecule has 2 nitrogen and oxygen atoms in total. The maximum atomic E-state index is 13.3. The number of rotatable bonds is 3. The van der Waals surface area contributed by atoms with E-state index >= 15 is 0 Å². The second-order valence-electron chi connectivity index (χ2n) is 5.47. The van der Waals surface area contributed by atoms with Crippen LogP contribution in [0.15, 0.2) is 30.3 Å². The average molecular weight is 293 g/mol. The first-order valence-corrected chi connectivity index (χ1v) is 6.95. The molecule has 0 aliphatic carbocycles. The highest BCUT2D eigenvalue weighted by Crippen LogP contribution is 2.39. The van der Waals surface area contributed by atoms with Gasteiger partial charge in [-0.3, -0.25) is 0 Å². The highest BCUT2D eigenvalue weighted by atomic mass is 32.2. The summed E-state index contributed by atoms with van der Waals surface area (Å²) in [6, 6.07) is 7.45. The molecule has 0 aliphatic heterocycles. The molecule has 0 aromatic heterocycles. The standard InChI is InChI=1S/C13H18F3NOS/c1-11(2,3)19(18)17-12(4,13(14,15)16)10-8-6-5-7-9-10/h5-9,17H,1-4H3/t12-,19?/m0/s1. The molecular weight excluding hydrogens is 275 g/mol. The van der Waals surface area contributed by atoms with Gasteiger partial charge in [0.2, 0.25) is 0 Å². The molecule has 1 N–H and O–H groups in total. The summed E-state index contributed by atoms with van der Waals surface area (Å²) < 4.78 is 53.5. The number of alkyl halides is 3. The molecule has 2 atom stereocenters. The molecular formula is C13H18F3NOS. The van der Waals surface area contributed by atoms with E-state index in [1.54, 1.807) is 26.8 Å². The molecule has 1 rings (SSSR count). The summed E-state index contributed by atoms with van der Waals surface area (Å²) in [5.41, 5.74) is -2.30. The van der Waals surface area contributed by atoms with E-state index in [2.05, 4.69) is 4.72 Å². The van der Waals surface area contributed by atoms with E-state index in [1.807, 2.05) is 0 Å². The molecule has 0 saturated heterocycles. The van der Waals surface area contributed by atoms with Crippen molar-refractivity contribution in [3.63, 3.8) is 0 Å². The van der Waals surface area contributed by atoms with Crippen molar-refractivity contribution in [2.24, 2.45) is 0 Å². The van der Waals surface area contributed by atoms with Crippen LogP contribution in [0.4, 0.5) is 13.2 Å². The fourth-order valence-electron chi connectivity index (χ4n) is 1.39. The van der Waals surface area contributed by atoms with Crippen molar-refractivity contribution in [3.05, 3.63) is 35.9 Å². The zero-order chi connectivity index (χ0) is 14.9. The van der Waals surface area contributed by atoms with Crippen molar-refractivity contribution in [2.75, 3.05) is 0 Å². The normalized spacial score (nSPS) is 17.8. The van der Waals surface area contributed by atoms with E-state index < -0.39 is 27.4 Å². The summed E-state index contributed by atoms with van der Waals surface area (Å²) in [5.74, 6) is 0. The van der Waals surface area contributed by atoms with E-state index in [4.69, 9.17) is 0 Å². The van der Waals surface area contributed by atoms with E-state index in [1.165, 1.54) is 24.3 Å². The van der Waals surface area contributed by atoms with Crippen molar-refractivity contribution < 1.29 is 17.4 Å². The smallest absolute Gasteiger partial charge is 0.242 e. The molecule has 0 saturated carbocycles. The summed E-state index contributed by atoms with van der Waals surface area (Å²) in [4.78, 5) is 0. The summed E-state index contributed by atoms with van der Waals surface area (Å²) >= 11 is 0. The van der Waals surface area contributed by atoms with Gasteiger partial charge in [0.25, 0.3) is 0 Å². The fraction of sp³-hybridized carbons (Fsp3) is 0.538. The van der Waals surface area contributed by atoms with Crippen LogP contribution >= 0.6 is 0 Å². The van der Waals surface area contributed by atoms with Gasteiger partial charge in [-0.25, -0.2) is 8.93 Å². The molecule has 6 heteroatoms. The highest BCUT2D eigenvalue weighted by Gasteiger charge is 2.54. The Kier molecular flexibility index (Phi) is 4.47. The summed E-state index contributed by atoms with van der Waals surface area (Å²) in [7, 11) is -1.82. The van der Waals surface area contributed by atoms with Gasteiger partial charge in [0.1, 0.15) is 5.54 Å². The van der Waals surface area contributed by atoms with Crippen LogP contribution in [0.25, 0.3) is 0 Å². The van der Waals surface area contributed by atoms with Gasteiger partial charge in [-0.1, -0.05) is 30.3 Å². The lowest BCUT2D eigenvalue weighted by atomic mass is 9.93. The van der Waals surface area contributed by atoms with Gasteiger partial charge in [-0.15, -0.1) is 0 Å². The Balaban J connectivity index is 3.21. The first-order chi connectivity index (χ1) is 8.48. The minimum atomic E-state index is -4.55. The number of hydrogen-bond donors (Lipinski definition) is 1. The Bertz CT molecular complexity index is 453. The van der Waals surface area contributed by atoms with Crippen LogP contribution in [-0.4, -0.2) is 15.1 Å². The summed E-state index contributed by atoms with van der Waals surface area (Å²) in [5, 5.41) is 0. The third kappa shape index (κ3) is 3.57. The van der Waals surface area contributed by atoms with Gasteiger partial charge >= 0.3 is 6.18 Å². The topological polar surface area (TPSA) is 29.1 Å². The zero-order valence-electron chi connectivity index (χ0n) is 11.3. The Morgan fingerprint density at radius 3 is 1.84 bits per heavy atom. The average Bonchev–Trinajstić information content (AvgIpc) is 2.27. The number of hydrogen-bond acceptors (Lipinski definition) is 1. The Labute approximate surface area is 114 Å². The maximum Gasteiger partial charge on any atom is 0.411 e. The first kappa shape index (κ1) is 16.2. The van der Waals surface area contributed by atoms with E-state index in [0.29, 0.717) is 0 Å². The van der Waals surface area contributed by atoms with Gasteiger partial charge in [0.05, 0.1) is 15.7 Å². The van der Waals surface area contributed by atoms with E-state index in [9.17, 15) is 17.4 Å². The second-order valence-corrected chi connectivity index (χ2v) is 7.44. The predicted octanol–water partition coefficient (Wildman–Crippen LogP) is 3.52. The van der Waals surface area contributed by atoms with Gasteiger partial charge in [0, 0.05) is 0 Å². The zero-order valence-corrected chi connectivity index (χ0v) is 12.2. The SMILES string of the molecule is CC(C)(C)S(=O)N[C@@](C)(c1ccccc1)C(F)(F)F. The van der Waals surface area contributed by atoms with E-state index in [0.717, 1.165) is 6.92 Å². The Morgan fingerprint density at radius 1 is 1.00 bits per heavy atom. The molecule has 0 amide bonds. The number of benzene rings is 1. The third-order valence-corrected chi connectivity index (χ3v) is 4.48. The molecule has 0 heterocycles. The molecule has 0 spiro atoms. The van der Waals surface area contributed by atoms with Crippen LogP contribution in [-0.2, 0) is 16.5 Å². The van der Waals surface area contributed by atoms with Crippen LogP contribution in [0.3, 0.4) is 0 Å². The molecule has 108 valence electrons. The summed E-state index contributed by atoms with van der Waals surface area (Å²) in [6.45, 7) is 5.87. The maximum absolute atomic E-state index is 13.3. The quantitative estimate of drug-likeness (QED) is 0.907. The minimum absolute atomic E-state index is 0.0418. The van der Waals surface area contributed by atoms with Crippen LogP contribution in [0.2, 0.25) is 0 Å². The van der Waals surface area contributed by atoms with Crippen molar-refractivity contribution in [1.29, 1.82) is 0 Å². The van der Waals surface area contributed by atoms with Crippen molar-refractivity contribution in [3.8, 4) is 0 Å². The van der Waals surface area contributed by atoms with Crippen LogP contribution in [0.5, 0.6) is 0 Å². The molecule has 1 aromatic rings. The minimum Gasteiger partial charge on any atom is -0.242 e. The lowest BCUT2D eigenvalue weighted by Crippen LogP contribution is -2.54. The van der Waals surface area contributed by atoms with Gasteiger partial charge in [0.15, 0.2) is 0 Å². The molecule has 0 aliphatic rings. The van der Waals surface area contributed by atoms with Gasteiger partial charge in [-0.05, 0) is 33.3 Å². The molecule has 0 fully saturated rings. The third-order valence-electron chi connectivity index (χ3n) is 2.77. The van der Waals surface area contributed by atoms with Crippen LogP contribution < -0.4 is 4.72 Å².